The van der Waals surface area contributed by atoms with Crippen LogP contribution in [-0.4, -0.2) is 8.07 Å². The van der Waals surface area contributed by atoms with Crippen LogP contribution in [0.1, 0.15) is 0 Å². The molecule has 0 aromatic rings. The first kappa shape index (κ1) is 11.2. The Morgan fingerprint density at radius 3 is 1.25 bits per heavy atom. The predicted octanol–water partition coefficient (Wildman–Crippen LogP) is 3.72. The van der Waals surface area contributed by atoms with Crippen LogP contribution in [0.25, 0.3) is 0 Å². The molecule has 0 aliphatic heterocycles. The molecule has 0 amide bonds. The van der Waals surface area contributed by atoms with Gasteiger partial charge in [0.2, 0.25) is 0 Å². The Morgan fingerprint density at radius 2 is 1.08 bits per heavy atom. The van der Waals surface area contributed by atoms with Gasteiger partial charge in [-0.3, -0.25) is 0 Å². The summed E-state index contributed by atoms with van der Waals surface area (Å²) in [6, 6.07) is 3.23. The molecule has 0 atom stereocenters. The first-order valence-corrected chi connectivity index (χ1v) is 6.91. The minimum Gasteiger partial charge on any atom is -0.107 e. The van der Waals surface area contributed by atoms with Gasteiger partial charge in [-0.05, 0) is 18.1 Å². The maximum Gasteiger partial charge on any atom is 0.0881 e. The Hall–Kier alpha value is -0.823. The highest BCUT2D eigenvalue weighted by molar-refractivity contribution is 6.85. The summed E-state index contributed by atoms with van der Waals surface area (Å²) < 4.78 is 0. The Balaban J connectivity index is 4.45. The lowest BCUT2D eigenvalue weighted by Crippen LogP contribution is -2.29. The highest BCUT2D eigenvalue weighted by atomic mass is 28.3. The summed E-state index contributed by atoms with van der Waals surface area (Å²) in [5.41, 5.74) is 2.12. The van der Waals surface area contributed by atoms with Gasteiger partial charge in [-0.2, -0.15) is 0 Å². The quantitative estimate of drug-likeness (QED) is 0.412. The Labute approximate surface area is 77.0 Å². The van der Waals surface area contributed by atoms with Gasteiger partial charge in [0, 0.05) is 0 Å². The average molecular weight is 178 g/mol. The SMILES string of the molecule is C=CC[Si](C=C)(CC=C)CC=C. The van der Waals surface area contributed by atoms with Crippen molar-refractivity contribution in [2.24, 2.45) is 0 Å². The van der Waals surface area contributed by atoms with Crippen molar-refractivity contribution in [2.45, 2.75) is 18.1 Å². The van der Waals surface area contributed by atoms with Crippen molar-refractivity contribution < 1.29 is 0 Å². The molecule has 0 aliphatic rings. The second-order valence-electron chi connectivity index (χ2n) is 3.04. The second-order valence-corrected chi connectivity index (χ2v) is 7.40. The highest BCUT2D eigenvalue weighted by Crippen LogP contribution is 2.23. The van der Waals surface area contributed by atoms with Crippen LogP contribution in [0.2, 0.25) is 18.1 Å². The van der Waals surface area contributed by atoms with E-state index in [4.69, 9.17) is 0 Å². The van der Waals surface area contributed by atoms with E-state index in [1.54, 1.807) is 0 Å². The molecular formula is C11H18Si. The van der Waals surface area contributed by atoms with Gasteiger partial charge in [0.15, 0.2) is 0 Å². The van der Waals surface area contributed by atoms with E-state index in [0.717, 1.165) is 18.1 Å². The standard InChI is InChI=1S/C11H18Si/c1-5-9-12(8-4,10-6-2)11-7-3/h5-8H,1-4,9-11H2. The monoisotopic (exact) mass is 178 g/mol. The molecule has 0 saturated carbocycles. The Kier molecular flexibility index (Phi) is 5.38. The lowest BCUT2D eigenvalue weighted by atomic mass is 10.7. The minimum atomic E-state index is -1.36. The normalized spacial score (nSPS) is 10.3. The van der Waals surface area contributed by atoms with Gasteiger partial charge in [0.25, 0.3) is 0 Å². The zero-order valence-electron chi connectivity index (χ0n) is 7.76. The van der Waals surface area contributed by atoms with E-state index >= 15 is 0 Å². The molecule has 0 bridgehead atoms. The summed E-state index contributed by atoms with van der Waals surface area (Å²) >= 11 is 0. The summed E-state index contributed by atoms with van der Waals surface area (Å²) in [4.78, 5) is 0. The lowest BCUT2D eigenvalue weighted by Gasteiger charge is -2.23. The van der Waals surface area contributed by atoms with Crippen molar-refractivity contribution >= 4 is 8.07 Å². The van der Waals surface area contributed by atoms with E-state index in [1.807, 2.05) is 18.2 Å². The largest absolute Gasteiger partial charge is 0.107 e. The van der Waals surface area contributed by atoms with Gasteiger partial charge < -0.3 is 0 Å². The molecule has 0 fully saturated rings. The fourth-order valence-corrected chi connectivity index (χ4v) is 4.09. The molecule has 0 radical (unpaired) electrons. The van der Waals surface area contributed by atoms with Crippen molar-refractivity contribution in [3.63, 3.8) is 0 Å². The van der Waals surface area contributed by atoms with E-state index in [2.05, 4.69) is 32.0 Å². The molecule has 0 aliphatic carbocycles. The van der Waals surface area contributed by atoms with Crippen LogP contribution in [0.15, 0.2) is 50.2 Å². The molecule has 12 heavy (non-hydrogen) atoms. The molecule has 0 aromatic carbocycles. The maximum atomic E-state index is 3.91. The molecule has 0 saturated heterocycles. The van der Waals surface area contributed by atoms with Gasteiger partial charge >= 0.3 is 0 Å². The van der Waals surface area contributed by atoms with Crippen molar-refractivity contribution in [1.29, 1.82) is 0 Å². The highest BCUT2D eigenvalue weighted by Gasteiger charge is 2.24. The summed E-state index contributed by atoms with van der Waals surface area (Å²) in [5, 5.41) is 0. The second kappa shape index (κ2) is 5.78. The van der Waals surface area contributed by atoms with Crippen LogP contribution in [0.5, 0.6) is 0 Å². The van der Waals surface area contributed by atoms with E-state index < -0.39 is 8.07 Å². The summed E-state index contributed by atoms with van der Waals surface area (Å²) in [6.45, 7) is 15.2. The zero-order chi connectivity index (χ0) is 9.45. The van der Waals surface area contributed by atoms with Crippen LogP contribution in [0.4, 0.5) is 0 Å². The molecule has 1 heteroatoms. The molecule has 0 heterocycles. The molecule has 0 nitrogen and oxygen atoms in total. The van der Waals surface area contributed by atoms with Crippen molar-refractivity contribution in [3.8, 4) is 0 Å². The van der Waals surface area contributed by atoms with Crippen molar-refractivity contribution in [2.75, 3.05) is 0 Å². The molecular weight excluding hydrogens is 160 g/mol. The minimum absolute atomic E-state index is 1.08. The smallest absolute Gasteiger partial charge is 0.0881 e. The fourth-order valence-electron chi connectivity index (χ4n) is 1.36. The van der Waals surface area contributed by atoms with E-state index in [1.165, 1.54) is 0 Å². The van der Waals surface area contributed by atoms with Crippen LogP contribution in [0, 0.1) is 0 Å². The average Bonchev–Trinajstić information content (AvgIpc) is 2.06. The molecule has 0 aromatic heterocycles. The van der Waals surface area contributed by atoms with Gasteiger partial charge in [-0.1, -0.05) is 18.2 Å². The van der Waals surface area contributed by atoms with Crippen LogP contribution in [-0.2, 0) is 0 Å². The Morgan fingerprint density at radius 1 is 0.750 bits per heavy atom. The molecule has 0 rings (SSSR count). The third-order valence-corrected chi connectivity index (χ3v) is 6.26. The molecule has 0 spiro atoms. The number of allylic oxidation sites excluding steroid dienone is 3. The van der Waals surface area contributed by atoms with Gasteiger partial charge in [-0.15, -0.1) is 32.0 Å². The number of rotatable bonds is 7. The van der Waals surface area contributed by atoms with Crippen LogP contribution < -0.4 is 0 Å². The predicted molar refractivity (Wildman–Crippen MR) is 61.0 cm³/mol. The van der Waals surface area contributed by atoms with Crippen LogP contribution in [0.3, 0.4) is 0 Å². The van der Waals surface area contributed by atoms with E-state index in [0.29, 0.717) is 0 Å². The number of hydrogen-bond donors (Lipinski definition) is 0. The number of hydrogen-bond acceptors (Lipinski definition) is 0. The fraction of sp³-hybridized carbons (Fsp3) is 0.273. The lowest BCUT2D eigenvalue weighted by molar-refractivity contribution is 1.39. The Bertz CT molecular complexity index is 153. The van der Waals surface area contributed by atoms with Gasteiger partial charge in [0.05, 0.1) is 8.07 Å². The van der Waals surface area contributed by atoms with Crippen LogP contribution >= 0.6 is 0 Å². The summed E-state index contributed by atoms with van der Waals surface area (Å²) in [7, 11) is -1.36. The maximum absolute atomic E-state index is 3.91. The zero-order valence-corrected chi connectivity index (χ0v) is 8.76. The van der Waals surface area contributed by atoms with Crippen molar-refractivity contribution in [1.82, 2.24) is 0 Å². The van der Waals surface area contributed by atoms with Gasteiger partial charge in [0.1, 0.15) is 0 Å². The van der Waals surface area contributed by atoms with Crippen molar-refractivity contribution in [3.05, 3.63) is 50.2 Å². The molecule has 0 unspecified atom stereocenters. The first-order chi connectivity index (χ1) is 5.74. The summed E-state index contributed by atoms with van der Waals surface area (Å²) in [6.07, 6.45) is 5.96. The topological polar surface area (TPSA) is 0 Å². The van der Waals surface area contributed by atoms with Gasteiger partial charge in [-0.25, -0.2) is 0 Å². The first-order valence-electron chi connectivity index (χ1n) is 4.21. The molecule has 0 N–H and O–H groups in total. The van der Waals surface area contributed by atoms with E-state index in [-0.39, 0.29) is 0 Å². The molecule has 66 valence electrons. The third-order valence-electron chi connectivity index (χ3n) is 2.09. The summed E-state index contributed by atoms with van der Waals surface area (Å²) in [5.74, 6) is 0. The van der Waals surface area contributed by atoms with E-state index in [9.17, 15) is 0 Å². The third kappa shape index (κ3) is 3.05.